The van der Waals surface area contributed by atoms with E-state index in [0.717, 1.165) is 28.4 Å². The van der Waals surface area contributed by atoms with E-state index in [4.69, 9.17) is 5.11 Å². The van der Waals surface area contributed by atoms with Crippen molar-refractivity contribution >= 4 is 39.2 Å². The maximum Gasteiger partial charge on any atom is 0.328 e. The first-order valence-corrected chi connectivity index (χ1v) is 8.03. The minimum atomic E-state index is -1.01. The summed E-state index contributed by atoms with van der Waals surface area (Å²) in [5, 5.41) is 14.1. The normalized spacial score (nSPS) is 18.3. The van der Waals surface area contributed by atoms with E-state index in [1.807, 2.05) is 0 Å². The Bertz CT molecular complexity index is 925. The Kier molecular flexibility index (Phi) is 2.97. The summed E-state index contributed by atoms with van der Waals surface area (Å²) in [7, 11) is 0. The zero-order valence-corrected chi connectivity index (χ0v) is 12.8. The van der Waals surface area contributed by atoms with Crippen molar-refractivity contribution in [3.05, 3.63) is 28.7 Å². The molecule has 3 aromatic heterocycles. The van der Waals surface area contributed by atoms with Crippen LogP contribution in [-0.2, 0) is 11.2 Å². The first-order chi connectivity index (χ1) is 10.6. The van der Waals surface area contributed by atoms with Crippen LogP contribution in [0.3, 0.4) is 0 Å². The molecule has 22 heavy (non-hydrogen) atoms. The molecule has 0 bridgehead atoms. The molecule has 6 nitrogen and oxygen atoms in total. The smallest absolute Gasteiger partial charge is 0.328 e. The number of rotatable bonds is 2. The van der Waals surface area contributed by atoms with Crippen molar-refractivity contribution in [1.29, 1.82) is 0 Å². The molecule has 0 spiro atoms. The van der Waals surface area contributed by atoms with E-state index < -0.39 is 5.97 Å². The number of carbonyl (C=O) groups is 1. The van der Waals surface area contributed by atoms with Crippen molar-refractivity contribution in [3.8, 4) is 0 Å². The Morgan fingerprint density at radius 1 is 1.55 bits per heavy atom. The van der Waals surface area contributed by atoms with Crippen molar-refractivity contribution in [3.63, 3.8) is 0 Å². The number of carboxylic acids is 1. The highest BCUT2D eigenvalue weighted by Gasteiger charge is 2.25. The summed E-state index contributed by atoms with van der Waals surface area (Å²) < 4.78 is 1.64. The van der Waals surface area contributed by atoms with Gasteiger partial charge < -0.3 is 5.11 Å². The lowest BCUT2D eigenvalue weighted by Gasteiger charge is -2.18. The van der Waals surface area contributed by atoms with Gasteiger partial charge in [0.1, 0.15) is 11.2 Å². The average molecular weight is 314 g/mol. The second-order valence-corrected chi connectivity index (χ2v) is 6.65. The SMILES string of the molecule is CC1CCCc2sc3ncn4nc(C=CC(=O)O)nc4c3c21. The largest absolute Gasteiger partial charge is 0.478 e. The zero-order valence-electron chi connectivity index (χ0n) is 12.0. The Morgan fingerprint density at radius 3 is 3.23 bits per heavy atom. The van der Waals surface area contributed by atoms with Crippen LogP contribution in [0.2, 0.25) is 0 Å². The molecule has 1 aliphatic rings. The maximum atomic E-state index is 10.6. The van der Waals surface area contributed by atoms with Gasteiger partial charge in [0.05, 0.1) is 5.39 Å². The zero-order chi connectivity index (χ0) is 15.3. The minimum absolute atomic E-state index is 0.389. The van der Waals surface area contributed by atoms with E-state index in [1.54, 1.807) is 22.2 Å². The molecule has 1 atom stereocenters. The fourth-order valence-electron chi connectivity index (χ4n) is 3.12. The molecular weight excluding hydrogens is 300 g/mol. The summed E-state index contributed by atoms with van der Waals surface area (Å²) in [6.45, 7) is 2.25. The van der Waals surface area contributed by atoms with Gasteiger partial charge in [0.2, 0.25) is 0 Å². The lowest BCUT2D eigenvalue weighted by Crippen LogP contribution is -2.04. The fraction of sp³-hybridized carbons (Fsp3) is 0.333. The molecule has 3 heterocycles. The summed E-state index contributed by atoms with van der Waals surface area (Å²) in [4.78, 5) is 22.0. The van der Waals surface area contributed by atoms with E-state index in [0.29, 0.717) is 11.7 Å². The van der Waals surface area contributed by atoms with Gasteiger partial charge >= 0.3 is 5.97 Å². The van der Waals surface area contributed by atoms with E-state index in [2.05, 4.69) is 22.0 Å². The molecule has 0 saturated carbocycles. The second kappa shape index (κ2) is 4.88. The van der Waals surface area contributed by atoms with Crippen LogP contribution < -0.4 is 0 Å². The lowest BCUT2D eigenvalue weighted by molar-refractivity contribution is -0.131. The van der Waals surface area contributed by atoms with Crippen molar-refractivity contribution in [1.82, 2.24) is 19.6 Å². The fourth-order valence-corrected chi connectivity index (χ4v) is 4.41. The first-order valence-electron chi connectivity index (χ1n) is 7.21. The number of aromatic nitrogens is 4. The predicted octanol–water partition coefficient (Wildman–Crippen LogP) is 2.88. The van der Waals surface area contributed by atoms with Crippen molar-refractivity contribution in [2.75, 3.05) is 0 Å². The van der Waals surface area contributed by atoms with Gasteiger partial charge in [-0.2, -0.15) is 0 Å². The highest BCUT2D eigenvalue weighted by atomic mass is 32.1. The Hall–Kier alpha value is -2.28. The number of nitrogens with zero attached hydrogens (tertiary/aromatic N) is 4. The van der Waals surface area contributed by atoms with Crippen LogP contribution in [0.25, 0.3) is 21.9 Å². The van der Waals surface area contributed by atoms with Crippen LogP contribution in [-0.4, -0.2) is 30.7 Å². The molecule has 7 heteroatoms. The van der Waals surface area contributed by atoms with E-state index in [-0.39, 0.29) is 0 Å². The molecule has 3 aromatic rings. The lowest BCUT2D eigenvalue weighted by atomic mass is 9.87. The van der Waals surface area contributed by atoms with E-state index >= 15 is 0 Å². The molecule has 1 aliphatic carbocycles. The third-order valence-electron chi connectivity index (χ3n) is 4.07. The van der Waals surface area contributed by atoms with Gasteiger partial charge in [0.25, 0.3) is 0 Å². The van der Waals surface area contributed by atoms with Gasteiger partial charge in [0.15, 0.2) is 11.5 Å². The molecular formula is C15H14N4O2S. The number of aliphatic carboxylic acids is 1. The molecule has 112 valence electrons. The number of aryl methyl sites for hydroxylation is 1. The van der Waals surface area contributed by atoms with Crippen LogP contribution >= 0.6 is 11.3 Å². The van der Waals surface area contributed by atoms with Crippen LogP contribution in [0.5, 0.6) is 0 Å². The third-order valence-corrected chi connectivity index (χ3v) is 5.24. The van der Waals surface area contributed by atoms with Gasteiger partial charge in [0, 0.05) is 11.0 Å². The highest BCUT2D eigenvalue weighted by Crippen LogP contribution is 2.42. The summed E-state index contributed by atoms with van der Waals surface area (Å²) in [5.74, 6) is -0.121. The molecule has 1 unspecified atom stereocenters. The van der Waals surface area contributed by atoms with E-state index in [1.165, 1.54) is 29.4 Å². The standard InChI is InChI=1S/C15H14N4O2S/c1-8-3-2-4-9-12(8)13-14-17-10(5-6-11(20)21)18-19(14)7-16-15(13)22-9/h5-8H,2-4H2,1H3,(H,20,21). The van der Waals surface area contributed by atoms with Gasteiger partial charge in [-0.05, 0) is 36.8 Å². The van der Waals surface area contributed by atoms with Gasteiger partial charge in [-0.3, -0.25) is 0 Å². The van der Waals surface area contributed by atoms with Crippen molar-refractivity contribution in [2.24, 2.45) is 0 Å². The average Bonchev–Trinajstić information content (AvgIpc) is 3.05. The summed E-state index contributed by atoms with van der Waals surface area (Å²) in [6.07, 6.45) is 7.60. The van der Waals surface area contributed by atoms with E-state index in [9.17, 15) is 4.79 Å². The van der Waals surface area contributed by atoms with Gasteiger partial charge in [-0.25, -0.2) is 19.3 Å². The number of hydrogen-bond donors (Lipinski definition) is 1. The van der Waals surface area contributed by atoms with Crippen molar-refractivity contribution < 1.29 is 9.90 Å². The number of carboxylic acid groups (broad SMARTS) is 1. The Balaban J connectivity index is 1.98. The monoisotopic (exact) mass is 314 g/mol. The van der Waals surface area contributed by atoms with Gasteiger partial charge in [-0.15, -0.1) is 16.4 Å². The number of hydrogen-bond acceptors (Lipinski definition) is 5. The van der Waals surface area contributed by atoms with Gasteiger partial charge in [-0.1, -0.05) is 6.92 Å². The van der Waals surface area contributed by atoms with Crippen molar-refractivity contribution in [2.45, 2.75) is 32.1 Å². The summed E-state index contributed by atoms with van der Waals surface area (Å²) in [6, 6.07) is 0. The molecule has 0 aromatic carbocycles. The molecule has 1 N–H and O–H groups in total. The Labute approximate surface area is 130 Å². The topological polar surface area (TPSA) is 80.4 Å². The first kappa shape index (κ1) is 13.4. The summed E-state index contributed by atoms with van der Waals surface area (Å²) >= 11 is 1.74. The molecule has 4 rings (SSSR count). The van der Waals surface area contributed by atoms with Crippen LogP contribution in [0.15, 0.2) is 12.4 Å². The van der Waals surface area contributed by atoms with Crippen LogP contribution in [0.1, 0.15) is 41.9 Å². The second-order valence-electron chi connectivity index (χ2n) is 5.57. The number of fused-ring (bicyclic) bond motifs is 5. The molecule has 0 saturated heterocycles. The summed E-state index contributed by atoms with van der Waals surface area (Å²) in [5.41, 5.74) is 2.12. The highest BCUT2D eigenvalue weighted by molar-refractivity contribution is 7.19. The maximum absolute atomic E-state index is 10.6. The third kappa shape index (κ3) is 2.00. The Morgan fingerprint density at radius 2 is 2.41 bits per heavy atom. The molecule has 0 amide bonds. The predicted molar refractivity (Wildman–Crippen MR) is 84.2 cm³/mol. The molecule has 0 radical (unpaired) electrons. The quantitative estimate of drug-likeness (QED) is 0.736. The number of thiophene rings is 1. The minimum Gasteiger partial charge on any atom is -0.478 e. The van der Waals surface area contributed by atoms with Crippen LogP contribution in [0, 0.1) is 0 Å². The molecule has 0 aliphatic heterocycles. The molecule has 0 fully saturated rings. The van der Waals surface area contributed by atoms with Crippen LogP contribution in [0.4, 0.5) is 0 Å².